The molecule has 32 heavy (non-hydrogen) atoms. The highest BCUT2D eigenvalue weighted by Crippen LogP contribution is 2.33. The highest BCUT2D eigenvalue weighted by Gasteiger charge is 2.42. The molecule has 0 aromatic carbocycles. The van der Waals surface area contributed by atoms with Crippen molar-refractivity contribution >= 4 is 29.7 Å². The van der Waals surface area contributed by atoms with Crippen molar-refractivity contribution in [3.8, 4) is 0 Å². The molecule has 2 heterocycles. The van der Waals surface area contributed by atoms with Crippen LogP contribution in [0.5, 0.6) is 0 Å². The van der Waals surface area contributed by atoms with E-state index in [4.69, 9.17) is 25.1 Å². The molecular formula is C18H31F3N4O6S. The second-order valence-electron chi connectivity index (χ2n) is 7.03. The molecule has 6 N–H and O–H groups in total. The van der Waals surface area contributed by atoms with Gasteiger partial charge in [-0.15, -0.1) is 0 Å². The standard InChI is InChI=1S/C16H30N4O4S.C2HF3O2/c17-5-7-23-9-10-24-8-6-18-14(21)4-2-1-3-13-15-12(11-25-13)19-16(22)20-15;3-2(4,5)1(6)7/h12-13,15H,1-11,17H2,(H,18,21)(H2,19,20,22);(H,6,7)/t12-,13-,15-;/m0./s1. The van der Waals surface area contributed by atoms with Crippen molar-refractivity contribution in [3.05, 3.63) is 0 Å². The van der Waals surface area contributed by atoms with E-state index in [1.54, 1.807) is 0 Å². The minimum atomic E-state index is -5.08. The molecule has 2 fully saturated rings. The van der Waals surface area contributed by atoms with Crippen LogP contribution in [0.3, 0.4) is 0 Å². The van der Waals surface area contributed by atoms with Crippen molar-refractivity contribution in [1.29, 1.82) is 0 Å². The molecule has 3 amide bonds. The van der Waals surface area contributed by atoms with Crippen LogP contribution in [-0.4, -0.2) is 91.8 Å². The number of unbranched alkanes of at least 4 members (excludes halogenated alkanes) is 1. The molecular weight excluding hydrogens is 457 g/mol. The van der Waals surface area contributed by atoms with Crippen LogP contribution in [0.15, 0.2) is 0 Å². The number of nitrogens with one attached hydrogen (secondary N) is 3. The quantitative estimate of drug-likeness (QED) is 0.185. The summed E-state index contributed by atoms with van der Waals surface area (Å²) in [5, 5.41) is 16.4. The number of carbonyl (C=O) groups is 3. The average molecular weight is 489 g/mol. The van der Waals surface area contributed by atoms with E-state index in [2.05, 4.69) is 16.0 Å². The molecule has 2 aliphatic heterocycles. The van der Waals surface area contributed by atoms with E-state index in [9.17, 15) is 22.8 Å². The van der Waals surface area contributed by atoms with Gasteiger partial charge >= 0.3 is 18.2 Å². The SMILES string of the molecule is NCCOCCOCCNC(=O)CCCC[C@@H]1SC[C@@H]2NC(=O)N[C@@H]21.O=C(O)C(F)(F)F. The number of carboxylic acid groups (broad SMARTS) is 1. The molecule has 0 radical (unpaired) electrons. The highest BCUT2D eigenvalue weighted by molar-refractivity contribution is 8.00. The van der Waals surface area contributed by atoms with Gasteiger partial charge in [0.1, 0.15) is 0 Å². The maximum Gasteiger partial charge on any atom is 0.490 e. The number of urea groups is 1. The number of alkyl halides is 3. The van der Waals surface area contributed by atoms with E-state index in [1.807, 2.05) is 11.8 Å². The van der Waals surface area contributed by atoms with Crippen LogP contribution < -0.4 is 21.7 Å². The highest BCUT2D eigenvalue weighted by atomic mass is 32.2. The molecule has 0 spiro atoms. The molecule has 10 nitrogen and oxygen atoms in total. The maximum absolute atomic E-state index is 11.8. The first kappa shape index (κ1) is 28.3. The monoisotopic (exact) mass is 488 g/mol. The number of fused-ring (bicyclic) bond motifs is 1. The number of carbonyl (C=O) groups excluding carboxylic acids is 2. The zero-order chi connectivity index (χ0) is 24.0. The lowest BCUT2D eigenvalue weighted by atomic mass is 10.0. The Bertz CT molecular complexity index is 600. The number of ether oxygens (including phenoxy) is 2. The van der Waals surface area contributed by atoms with Gasteiger partial charge in [-0.3, -0.25) is 4.79 Å². The molecule has 0 aromatic heterocycles. The Kier molecular flexibility index (Phi) is 13.4. The third-order valence-corrected chi connectivity index (χ3v) is 6.03. The first-order chi connectivity index (χ1) is 15.1. The van der Waals surface area contributed by atoms with Crippen molar-refractivity contribution in [2.75, 3.05) is 45.3 Å². The van der Waals surface area contributed by atoms with Gasteiger partial charge in [0.15, 0.2) is 0 Å². The molecule has 2 aliphatic rings. The second kappa shape index (κ2) is 15.1. The van der Waals surface area contributed by atoms with Gasteiger partial charge in [-0.2, -0.15) is 24.9 Å². The summed E-state index contributed by atoms with van der Waals surface area (Å²) in [4.78, 5) is 32.0. The normalized spacial score (nSPS) is 21.8. The molecule has 2 saturated heterocycles. The predicted octanol–water partition coefficient (Wildman–Crippen LogP) is 0.454. The molecule has 0 aromatic rings. The Balaban J connectivity index is 0.000000633. The Morgan fingerprint density at radius 1 is 1.16 bits per heavy atom. The Hall–Kier alpha value is -1.77. The van der Waals surface area contributed by atoms with E-state index in [0.717, 1.165) is 25.0 Å². The summed E-state index contributed by atoms with van der Waals surface area (Å²) in [6.45, 7) is 3.12. The zero-order valence-electron chi connectivity index (χ0n) is 17.6. The third kappa shape index (κ3) is 11.7. The number of hydrogen-bond acceptors (Lipinski definition) is 7. The fourth-order valence-corrected chi connectivity index (χ4v) is 4.57. The van der Waals surface area contributed by atoms with Crippen LogP contribution in [0.1, 0.15) is 25.7 Å². The zero-order valence-corrected chi connectivity index (χ0v) is 18.4. The van der Waals surface area contributed by atoms with Crippen LogP contribution in [0.4, 0.5) is 18.0 Å². The number of hydrogen-bond donors (Lipinski definition) is 5. The summed E-state index contributed by atoms with van der Waals surface area (Å²) in [6, 6.07) is 0.469. The van der Waals surface area contributed by atoms with Gasteiger partial charge in [0.05, 0.1) is 38.5 Å². The smallest absolute Gasteiger partial charge is 0.475 e. The maximum atomic E-state index is 11.8. The number of carboxylic acids is 1. The van der Waals surface area contributed by atoms with Crippen LogP contribution in [-0.2, 0) is 19.1 Å². The summed E-state index contributed by atoms with van der Waals surface area (Å²) in [7, 11) is 0. The first-order valence-electron chi connectivity index (χ1n) is 10.3. The number of amides is 3. The fraction of sp³-hybridized carbons (Fsp3) is 0.833. The summed E-state index contributed by atoms with van der Waals surface area (Å²) in [6.07, 6.45) is -1.64. The van der Waals surface area contributed by atoms with E-state index in [-0.39, 0.29) is 24.0 Å². The predicted molar refractivity (Wildman–Crippen MR) is 111 cm³/mol. The van der Waals surface area contributed by atoms with E-state index in [1.165, 1.54) is 0 Å². The van der Waals surface area contributed by atoms with Crippen molar-refractivity contribution in [2.45, 2.75) is 49.2 Å². The topological polar surface area (TPSA) is 152 Å². The lowest BCUT2D eigenvalue weighted by molar-refractivity contribution is -0.192. The van der Waals surface area contributed by atoms with E-state index >= 15 is 0 Å². The van der Waals surface area contributed by atoms with Gasteiger partial charge in [0.2, 0.25) is 5.91 Å². The number of halogens is 3. The Morgan fingerprint density at radius 2 is 1.81 bits per heavy atom. The molecule has 0 aliphatic carbocycles. The Morgan fingerprint density at radius 3 is 2.44 bits per heavy atom. The minimum Gasteiger partial charge on any atom is -0.475 e. The molecule has 0 saturated carbocycles. The molecule has 186 valence electrons. The molecule has 14 heteroatoms. The van der Waals surface area contributed by atoms with Crippen molar-refractivity contribution in [3.63, 3.8) is 0 Å². The van der Waals surface area contributed by atoms with Gasteiger partial charge in [-0.1, -0.05) is 6.42 Å². The van der Waals surface area contributed by atoms with Crippen molar-refractivity contribution in [1.82, 2.24) is 16.0 Å². The number of rotatable bonds is 13. The molecule has 0 unspecified atom stereocenters. The summed E-state index contributed by atoms with van der Waals surface area (Å²) < 4.78 is 42.3. The summed E-state index contributed by atoms with van der Waals surface area (Å²) >= 11 is 1.91. The number of aliphatic carboxylic acids is 1. The van der Waals surface area contributed by atoms with Gasteiger partial charge in [0.25, 0.3) is 0 Å². The molecule has 2 rings (SSSR count). The van der Waals surface area contributed by atoms with Gasteiger partial charge in [-0.25, -0.2) is 9.59 Å². The summed E-state index contributed by atoms with van der Waals surface area (Å²) in [5.41, 5.74) is 5.30. The second-order valence-corrected chi connectivity index (χ2v) is 8.31. The molecule has 3 atom stereocenters. The first-order valence-corrected chi connectivity index (χ1v) is 11.3. The largest absolute Gasteiger partial charge is 0.490 e. The van der Waals surface area contributed by atoms with Gasteiger partial charge < -0.3 is 36.3 Å². The summed E-state index contributed by atoms with van der Waals surface area (Å²) in [5.74, 6) is -1.71. The van der Waals surface area contributed by atoms with E-state index < -0.39 is 12.1 Å². The van der Waals surface area contributed by atoms with Gasteiger partial charge in [0, 0.05) is 30.5 Å². The lowest BCUT2D eigenvalue weighted by Gasteiger charge is -2.16. The number of nitrogens with two attached hydrogens (primary N) is 1. The lowest BCUT2D eigenvalue weighted by Crippen LogP contribution is -2.36. The van der Waals surface area contributed by atoms with Crippen LogP contribution in [0.2, 0.25) is 0 Å². The fourth-order valence-electron chi connectivity index (χ4n) is 3.03. The van der Waals surface area contributed by atoms with Crippen LogP contribution in [0.25, 0.3) is 0 Å². The minimum absolute atomic E-state index is 0.0483. The van der Waals surface area contributed by atoms with Crippen molar-refractivity contribution in [2.24, 2.45) is 5.73 Å². The van der Waals surface area contributed by atoms with E-state index in [0.29, 0.717) is 51.2 Å². The Labute approximate surface area is 188 Å². The van der Waals surface area contributed by atoms with Gasteiger partial charge in [-0.05, 0) is 12.8 Å². The average Bonchev–Trinajstić information content (AvgIpc) is 3.26. The van der Waals surface area contributed by atoms with Crippen LogP contribution >= 0.6 is 11.8 Å². The van der Waals surface area contributed by atoms with Crippen LogP contribution in [0, 0.1) is 0 Å². The van der Waals surface area contributed by atoms with Crippen molar-refractivity contribution < 1.29 is 42.1 Å². The third-order valence-electron chi connectivity index (χ3n) is 4.53. The molecule has 0 bridgehead atoms. The number of thioether (sulfide) groups is 1.